The van der Waals surface area contributed by atoms with E-state index >= 15 is 0 Å². The standard InChI is InChI=1S/C17H33NO/c1-13(2)15-4-6-16(7-5-15)17(18-3)12-14-8-10-19-11-9-14/h13-18H,4-12H2,1-3H3. The maximum absolute atomic E-state index is 5.48. The zero-order chi connectivity index (χ0) is 13.7. The molecule has 2 aliphatic rings. The summed E-state index contributed by atoms with van der Waals surface area (Å²) in [5.41, 5.74) is 0. The maximum atomic E-state index is 5.48. The van der Waals surface area contributed by atoms with Crippen LogP contribution in [0.5, 0.6) is 0 Å². The molecule has 1 saturated carbocycles. The molecule has 0 spiro atoms. The SMILES string of the molecule is CNC(CC1CCOCC1)C1CCC(C(C)C)CC1. The van der Waals surface area contributed by atoms with Crippen molar-refractivity contribution in [1.82, 2.24) is 5.32 Å². The van der Waals surface area contributed by atoms with Gasteiger partial charge in [0.05, 0.1) is 0 Å². The summed E-state index contributed by atoms with van der Waals surface area (Å²) in [5.74, 6) is 3.68. The summed E-state index contributed by atoms with van der Waals surface area (Å²) in [4.78, 5) is 0. The normalized spacial score (nSPS) is 31.6. The molecule has 1 unspecified atom stereocenters. The Morgan fingerprint density at radius 1 is 0.947 bits per heavy atom. The summed E-state index contributed by atoms with van der Waals surface area (Å²) in [6.45, 7) is 6.76. The van der Waals surface area contributed by atoms with Gasteiger partial charge in [0.25, 0.3) is 0 Å². The summed E-state index contributed by atoms with van der Waals surface area (Å²) in [7, 11) is 2.17. The van der Waals surface area contributed by atoms with Gasteiger partial charge in [-0.3, -0.25) is 0 Å². The Labute approximate surface area is 119 Å². The van der Waals surface area contributed by atoms with Crippen molar-refractivity contribution in [3.05, 3.63) is 0 Å². The van der Waals surface area contributed by atoms with E-state index in [9.17, 15) is 0 Å². The van der Waals surface area contributed by atoms with Crippen LogP contribution in [0.15, 0.2) is 0 Å². The predicted molar refractivity (Wildman–Crippen MR) is 81.3 cm³/mol. The molecule has 0 bridgehead atoms. The minimum atomic E-state index is 0.746. The number of rotatable bonds is 5. The first kappa shape index (κ1) is 15.3. The van der Waals surface area contributed by atoms with Crippen LogP contribution < -0.4 is 5.32 Å². The smallest absolute Gasteiger partial charge is 0.0468 e. The molecule has 112 valence electrons. The van der Waals surface area contributed by atoms with Gasteiger partial charge in [0.2, 0.25) is 0 Å². The van der Waals surface area contributed by atoms with Crippen molar-refractivity contribution in [2.45, 2.75) is 64.8 Å². The van der Waals surface area contributed by atoms with Crippen LogP contribution in [0, 0.1) is 23.7 Å². The lowest BCUT2D eigenvalue weighted by molar-refractivity contribution is 0.0557. The third kappa shape index (κ3) is 4.46. The first-order valence-corrected chi connectivity index (χ1v) is 8.45. The van der Waals surface area contributed by atoms with Crippen LogP contribution in [0.25, 0.3) is 0 Å². The summed E-state index contributed by atoms with van der Waals surface area (Å²) in [6, 6.07) is 0.746. The van der Waals surface area contributed by atoms with E-state index in [1.165, 1.54) is 44.9 Å². The average molecular weight is 267 g/mol. The minimum Gasteiger partial charge on any atom is -0.381 e. The van der Waals surface area contributed by atoms with Gasteiger partial charge in [0, 0.05) is 19.3 Å². The summed E-state index contributed by atoms with van der Waals surface area (Å²) >= 11 is 0. The number of hydrogen-bond acceptors (Lipinski definition) is 2. The molecule has 1 heterocycles. The molecule has 2 fully saturated rings. The van der Waals surface area contributed by atoms with Crippen LogP contribution in [-0.4, -0.2) is 26.3 Å². The van der Waals surface area contributed by atoms with Gasteiger partial charge >= 0.3 is 0 Å². The van der Waals surface area contributed by atoms with Gasteiger partial charge in [-0.25, -0.2) is 0 Å². The highest BCUT2D eigenvalue weighted by atomic mass is 16.5. The molecule has 0 radical (unpaired) electrons. The van der Waals surface area contributed by atoms with Crippen molar-refractivity contribution < 1.29 is 4.74 Å². The molecule has 1 aliphatic carbocycles. The highest BCUT2D eigenvalue weighted by Gasteiger charge is 2.29. The van der Waals surface area contributed by atoms with Gasteiger partial charge in [-0.1, -0.05) is 13.8 Å². The van der Waals surface area contributed by atoms with Crippen molar-refractivity contribution in [3.8, 4) is 0 Å². The van der Waals surface area contributed by atoms with Crippen LogP contribution in [0.2, 0.25) is 0 Å². The fraction of sp³-hybridized carbons (Fsp3) is 1.00. The molecule has 1 saturated heterocycles. The molecule has 1 N–H and O–H groups in total. The fourth-order valence-corrected chi connectivity index (χ4v) is 4.10. The Morgan fingerprint density at radius 2 is 1.53 bits per heavy atom. The van der Waals surface area contributed by atoms with Gasteiger partial charge in [0.1, 0.15) is 0 Å². The Bertz CT molecular complexity index is 240. The van der Waals surface area contributed by atoms with E-state index in [1.807, 2.05) is 0 Å². The lowest BCUT2D eigenvalue weighted by Gasteiger charge is -2.37. The van der Waals surface area contributed by atoms with Crippen molar-refractivity contribution in [2.24, 2.45) is 23.7 Å². The second-order valence-electron chi connectivity index (χ2n) is 7.11. The zero-order valence-electron chi connectivity index (χ0n) is 13.2. The lowest BCUT2D eigenvalue weighted by atomic mass is 9.73. The number of hydrogen-bond donors (Lipinski definition) is 1. The summed E-state index contributed by atoms with van der Waals surface area (Å²) in [6.07, 6.45) is 9.72. The van der Waals surface area contributed by atoms with E-state index in [0.717, 1.165) is 42.9 Å². The Hall–Kier alpha value is -0.0800. The summed E-state index contributed by atoms with van der Waals surface area (Å²) in [5, 5.41) is 3.62. The third-order valence-corrected chi connectivity index (χ3v) is 5.63. The van der Waals surface area contributed by atoms with E-state index in [0.29, 0.717) is 0 Å². The second kappa shape index (κ2) is 7.64. The monoisotopic (exact) mass is 267 g/mol. The fourth-order valence-electron chi connectivity index (χ4n) is 4.10. The average Bonchev–Trinajstić information content (AvgIpc) is 2.46. The Balaban J connectivity index is 1.78. The number of nitrogens with one attached hydrogen (secondary N) is 1. The van der Waals surface area contributed by atoms with E-state index in [2.05, 4.69) is 26.2 Å². The van der Waals surface area contributed by atoms with E-state index in [1.54, 1.807) is 0 Å². The van der Waals surface area contributed by atoms with Gasteiger partial charge in [-0.15, -0.1) is 0 Å². The molecular formula is C17H33NO. The van der Waals surface area contributed by atoms with E-state index in [4.69, 9.17) is 4.74 Å². The second-order valence-corrected chi connectivity index (χ2v) is 7.11. The van der Waals surface area contributed by atoms with Gasteiger partial charge < -0.3 is 10.1 Å². The highest BCUT2D eigenvalue weighted by Crippen LogP contribution is 2.36. The summed E-state index contributed by atoms with van der Waals surface area (Å²) < 4.78 is 5.48. The molecular weight excluding hydrogens is 234 g/mol. The molecule has 0 aromatic rings. The van der Waals surface area contributed by atoms with Crippen LogP contribution in [0.4, 0.5) is 0 Å². The molecule has 1 aliphatic heterocycles. The molecule has 19 heavy (non-hydrogen) atoms. The van der Waals surface area contributed by atoms with Gasteiger partial charge in [-0.2, -0.15) is 0 Å². The Kier molecular flexibility index (Phi) is 6.15. The molecule has 0 aromatic heterocycles. The van der Waals surface area contributed by atoms with E-state index < -0.39 is 0 Å². The Morgan fingerprint density at radius 3 is 2.05 bits per heavy atom. The van der Waals surface area contributed by atoms with Crippen molar-refractivity contribution in [1.29, 1.82) is 0 Å². The molecule has 0 aromatic carbocycles. The third-order valence-electron chi connectivity index (χ3n) is 5.63. The molecule has 2 heteroatoms. The molecule has 1 atom stereocenters. The van der Waals surface area contributed by atoms with Crippen LogP contribution in [0.3, 0.4) is 0 Å². The predicted octanol–water partition coefficient (Wildman–Crippen LogP) is 3.85. The highest BCUT2D eigenvalue weighted by molar-refractivity contribution is 4.84. The van der Waals surface area contributed by atoms with E-state index in [-0.39, 0.29) is 0 Å². The topological polar surface area (TPSA) is 21.3 Å². The minimum absolute atomic E-state index is 0.746. The van der Waals surface area contributed by atoms with Crippen molar-refractivity contribution >= 4 is 0 Å². The maximum Gasteiger partial charge on any atom is 0.0468 e. The molecule has 2 nitrogen and oxygen atoms in total. The largest absolute Gasteiger partial charge is 0.381 e. The first-order chi connectivity index (χ1) is 9.20. The van der Waals surface area contributed by atoms with Crippen LogP contribution in [0.1, 0.15) is 58.8 Å². The van der Waals surface area contributed by atoms with Crippen molar-refractivity contribution in [3.63, 3.8) is 0 Å². The quantitative estimate of drug-likeness (QED) is 0.817. The molecule has 2 rings (SSSR count). The van der Waals surface area contributed by atoms with Gasteiger partial charge in [0.15, 0.2) is 0 Å². The van der Waals surface area contributed by atoms with Crippen LogP contribution in [-0.2, 0) is 4.74 Å². The first-order valence-electron chi connectivity index (χ1n) is 8.45. The lowest BCUT2D eigenvalue weighted by Crippen LogP contribution is -2.38. The van der Waals surface area contributed by atoms with Gasteiger partial charge in [-0.05, 0) is 75.7 Å². The zero-order valence-corrected chi connectivity index (χ0v) is 13.2. The van der Waals surface area contributed by atoms with Crippen LogP contribution >= 0.6 is 0 Å². The molecule has 0 amide bonds. The number of ether oxygens (including phenoxy) is 1. The van der Waals surface area contributed by atoms with Crippen molar-refractivity contribution in [2.75, 3.05) is 20.3 Å².